The van der Waals surface area contributed by atoms with Crippen molar-refractivity contribution < 1.29 is 14.3 Å². The van der Waals surface area contributed by atoms with E-state index in [9.17, 15) is 9.59 Å². The van der Waals surface area contributed by atoms with Crippen LogP contribution in [-0.2, 0) is 4.79 Å². The van der Waals surface area contributed by atoms with Crippen LogP contribution in [-0.4, -0.2) is 18.4 Å². The van der Waals surface area contributed by atoms with Crippen molar-refractivity contribution in [1.29, 1.82) is 0 Å². The van der Waals surface area contributed by atoms with Gasteiger partial charge in [-0.05, 0) is 25.1 Å². The second kappa shape index (κ2) is 5.75. The fraction of sp³-hybridized carbons (Fsp3) is 0.273. The highest BCUT2D eigenvalue weighted by atomic mass is 16.5. The first-order valence-corrected chi connectivity index (χ1v) is 4.93. The van der Waals surface area contributed by atoms with Gasteiger partial charge in [-0.3, -0.25) is 20.4 Å². The fourth-order valence-electron chi connectivity index (χ4n) is 1.11. The van der Waals surface area contributed by atoms with Crippen LogP contribution in [0, 0.1) is 0 Å². The van der Waals surface area contributed by atoms with Crippen molar-refractivity contribution in [2.24, 2.45) is 0 Å². The fourth-order valence-corrected chi connectivity index (χ4v) is 1.11. The topological polar surface area (TPSA) is 67.4 Å². The third-order valence-corrected chi connectivity index (χ3v) is 1.76. The summed E-state index contributed by atoms with van der Waals surface area (Å²) in [5.74, 6) is -0.0796. The molecule has 0 spiro atoms. The molecule has 0 aromatic heterocycles. The zero-order valence-corrected chi connectivity index (χ0v) is 9.24. The minimum atomic E-state index is -0.378. The first kappa shape index (κ1) is 12.0. The number of carbonyl (C=O) groups is 2. The normalized spacial score (nSPS) is 9.38. The van der Waals surface area contributed by atoms with Gasteiger partial charge in [0.05, 0.1) is 6.61 Å². The summed E-state index contributed by atoms with van der Waals surface area (Å²) in [5.41, 5.74) is 4.92. The quantitative estimate of drug-likeness (QED) is 0.745. The van der Waals surface area contributed by atoms with Gasteiger partial charge in [0.2, 0.25) is 5.91 Å². The number of hydrogen-bond acceptors (Lipinski definition) is 3. The van der Waals surface area contributed by atoms with Crippen LogP contribution in [0.4, 0.5) is 0 Å². The van der Waals surface area contributed by atoms with Crippen LogP contribution in [0.25, 0.3) is 0 Å². The molecule has 0 aliphatic heterocycles. The van der Waals surface area contributed by atoms with Crippen molar-refractivity contribution in [1.82, 2.24) is 10.9 Å². The van der Waals surface area contributed by atoms with Crippen LogP contribution in [0.5, 0.6) is 5.75 Å². The molecular formula is C11H14N2O3. The average molecular weight is 222 g/mol. The number of nitrogens with one attached hydrogen (secondary N) is 2. The van der Waals surface area contributed by atoms with E-state index in [1.54, 1.807) is 24.3 Å². The van der Waals surface area contributed by atoms with Gasteiger partial charge in [-0.25, -0.2) is 0 Å². The van der Waals surface area contributed by atoms with Crippen LogP contribution in [0.2, 0.25) is 0 Å². The van der Waals surface area contributed by atoms with Crippen LogP contribution in [0.15, 0.2) is 24.3 Å². The van der Waals surface area contributed by atoms with Gasteiger partial charge in [0.1, 0.15) is 5.75 Å². The second-order valence-corrected chi connectivity index (χ2v) is 3.10. The Balaban J connectivity index is 2.67. The van der Waals surface area contributed by atoms with Crippen molar-refractivity contribution in [3.8, 4) is 5.75 Å². The molecule has 0 aliphatic carbocycles. The Labute approximate surface area is 93.8 Å². The lowest BCUT2D eigenvalue weighted by Gasteiger charge is -2.07. The third-order valence-electron chi connectivity index (χ3n) is 1.76. The van der Waals surface area contributed by atoms with Crippen molar-refractivity contribution in [2.45, 2.75) is 13.8 Å². The van der Waals surface area contributed by atoms with E-state index in [2.05, 4.69) is 10.9 Å². The predicted octanol–water partition coefficient (Wildman–Crippen LogP) is 0.866. The Kier molecular flexibility index (Phi) is 4.32. The molecule has 16 heavy (non-hydrogen) atoms. The molecule has 2 amide bonds. The van der Waals surface area contributed by atoms with E-state index < -0.39 is 0 Å². The maximum Gasteiger partial charge on any atom is 0.269 e. The summed E-state index contributed by atoms with van der Waals surface area (Å²) in [5, 5.41) is 0. The Morgan fingerprint density at radius 3 is 2.69 bits per heavy atom. The first-order valence-electron chi connectivity index (χ1n) is 4.93. The summed E-state index contributed by atoms with van der Waals surface area (Å²) >= 11 is 0. The van der Waals surface area contributed by atoms with Gasteiger partial charge in [0.25, 0.3) is 5.91 Å². The van der Waals surface area contributed by atoms with Gasteiger partial charge in [0.15, 0.2) is 0 Å². The predicted molar refractivity (Wildman–Crippen MR) is 58.9 cm³/mol. The lowest BCUT2D eigenvalue weighted by atomic mass is 10.2. The smallest absolute Gasteiger partial charge is 0.269 e. The molecule has 0 unspecified atom stereocenters. The molecule has 0 atom stereocenters. The number of hydrogen-bond donors (Lipinski definition) is 2. The Hall–Kier alpha value is -2.04. The van der Waals surface area contributed by atoms with Crippen molar-refractivity contribution >= 4 is 11.8 Å². The molecule has 86 valence electrons. The van der Waals surface area contributed by atoms with E-state index in [1.807, 2.05) is 6.92 Å². The molecular weight excluding hydrogens is 208 g/mol. The maximum atomic E-state index is 11.5. The van der Waals surface area contributed by atoms with E-state index in [4.69, 9.17) is 4.74 Å². The summed E-state index contributed by atoms with van der Waals surface area (Å²) in [6.07, 6.45) is 0. The highest BCUT2D eigenvalue weighted by Gasteiger charge is 2.06. The number of ether oxygens (including phenoxy) is 1. The number of rotatable bonds is 3. The van der Waals surface area contributed by atoms with Crippen molar-refractivity contribution in [3.05, 3.63) is 29.8 Å². The lowest BCUT2D eigenvalue weighted by molar-refractivity contribution is -0.119. The van der Waals surface area contributed by atoms with E-state index in [0.29, 0.717) is 17.9 Å². The third kappa shape index (κ3) is 3.61. The number of hydrazine groups is 1. The molecule has 0 fully saturated rings. The molecule has 0 aliphatic rings. The second-order valence-electron chi connectivity index (χ2n) is 3.10. The van der Waals surface area contributed by atoms with E-state index in [0.717, 1.165) is 0 Å². The molecule has 0 saturated carbocycles. The highest BCUT2D eigenvalue weighted by molar-refractivity contribution is 5.95. The molecule has 1 rings (SSSR count). The molecule has 0 heterocycles. The number of amides is 2. The van der Waals surface area contributed by atoms with E-state index in [1.165, 1.54) is 6.92 Å². The molecule has 0 bridgehead atoms. The Morgan fingerprint density at radius 1 is 1.31 bits per heavy atom. The molecule has 2 N–H and O–H groups in total. The largest absolute Gasteiger partial charge is 0.494 e. The lowest BCUT2D eigenvalue weighted by Crippen LogP contribution is -2.40. The minimum absolute atomic E-state index is 0.325. The first-order chi connectivity index (χ1) is 7.63. The Bertz CT molecular complexity index is 391. The van der Waals surface area contributed by atoms with Crippen LogP contribution >= 0.6 is 0 Å². The average Bonchev–Trinajstić information content (AvgIpc) is 2.26. The van der Waals surface area contributed by atoms with Gasteiger partial charge in [-0.1, -0.05) is 6.07 Å². The van der Waals surface area contributed by atoms with Gasteiger partial charge >= 0.3 is 0 Å². The summed E-state index contributed by atoms with van der Waals surface area (Å²) in [7, 11) is 0. The monoisotopic (exact) mass is 222 g/mol. The van der Waals surface area contributed by atoms with Gasteiger partial charge < -0.3 is 4.74 Å². The molecule has 5 heteroatoms. The number of carbonyl (C=O) groups excluding carboxylic acids is 2. The molecule has 0 radical (unpaired) electrons. The SMILES string of the molecule is CCOc1cccc(C(=O)NNC(C)=O)c1. The summed E-state index contributed by atoms with van der Waals surface area (Å²) in [6, 6.07) is 6.73. The Morgan fingerprint density at radius 2 is 2.06 bits per heavy atom. The highest BCUT2D eigenvalue weighted by Crippen LogP contribution is 2.12. The van der Waals surface area contributed by atoms with Crippen molar-refractivity contribution in [3.63, 3.8) is 0 Å². The van der Waals surface area contributed by atoms with Crippen molar-refractivity contribution in [2.75, 3.05) is 6.61 Å². The van der Waals surface area contributed by atoms with Gasteiger partial charge in [-0.2, -0.15) is 0 Å². The van der Waals surface area contributed by atoms with Crippen LogP contribution < -0.4 is 15.6 Å². The van der Waals surface area contributed by atoms with Crippen LogP contribution in [0.1, 0.15) is 24.2 Å². The van der Waals surface area contributed by atoms with Gasteiger partial charge in [-0.15, -0.1) is 0 Å². The standard InChI is InChI=1S/C11H14N2O3/c1-3-16-10-6-4-5-9(7-10)11(15)13-12-8(2)14/h4-7H,3H2,1-2H3,(H,12,14)(H,13,15). The summed E-state index contributed by atoms with van der Waals surface area (Å²) in [4.78, 5) is 22.1. The molecule has 1 aromatic rings. The summed E-state index contributed by atoms with van der Waals surface area (Å²) in [6.45, 7) is 3.72. The van der Waals surface area contributed by atoms with Gasteiger partial charge in [0, 0.05) is 12.5 Å². The van der Waals surface area contributed by atoms with E-state index in [-0.39, 0.29) is 11.8 Å². The zero-order valence-electron chi connectivity index (χ0n) is 9.24. The molecule has 1 aromatic carbocycles. The maximum absolute atomic E-state index is 11.5. The minimum Gasteiger partial charge on any atom is -0.494 e. The molecule has 0 saturated heterocycles. The zero-order chi connectivity index (χ0) is 12.0. The van der Waals surface area contributed by atoms with E-state index >= 15 is 0 Å². The summed E-state index contributed by atoms with van der Waals surface area (Å²) < 4.78 is 5.25. The molecule has 5 nitrogen and oxygen atoms in total. The number of benzene rings is 1. The van der Waals surface area contributed by atoms with Crippen LogP contribution in [0.3, 0.4) is 0 Å².